The van der Waals surface area contributed by atoms with Gasteiger partial charge in [-0.3, -0.25) is 4.79 Å². The van der Waals surface area contributed by atoms with Crippen LogP contribution in [0, 0.1) is 11.3 Å². The number of benzene rings is 1. The van der Waals surface area contributed by atoms with Crippen LogP contribution in [-0.4, -0.2) is 18.5 Å². The first kappa shape index (κ1) is 12.6. The fourth-order valence-corrected chi connectivity index (χ4v) is 2.11. The molecule has 1 aromatic carbocycles. The van der Waals surface area contributed by atoms with E-state index in [2.05, 4.69) is 6.07 Å². The number of rotatable bonds is 2. The molecule has 4 nitrogen and oxygen atoms in total. The van der Waals surface area contributed by atoms with Crippen LogP contribution in [0.1, 0.15) is 25.8 Å². The van der Waals surface area contributed by atoms with Crippen LogP contribution in [0.15, 0.2) is 24.3 Å². The van der Waals surface area contributed by atoms with Gasteiger partial charge in [-0.15, -0.1) is 0 Å². The molecule has 1 fully saturated rings. The molecule has 1 atom stereocenters. The van der Waals surface area contributed by atoms with E-state index < -0.39 is 5.41 Å². The molecular formula is C14H17N3O. The quantitative estimate of drug-likeness (QED) is 0.856. The van der Waals surface area contributed by atoms with Crippen LogP contribution in [0.4, 0.5) is 5.69 Å². The van der Waals surface area contributed by atoms with E-state index in [4.69, 9.17) is 11.0 Å². The van der Waals surface area contributed by atoms with E-state index >= 15 is 0 Å². The topological polar surface area (TPSA) is 70.1 Å². The second-order valence-electron chi connectivity index (χ2n) is 5.25. The lowest BCUT2D eigenvalue weighted by molar-refractivity contribution is -0.117. The fourth-order valence-electron chi connectivity index (χ4n) is 2.11. The molecule has 18 heavy (non-hydrogen) atoms. The van der Waals surface area contributed by atoms with Gasteiger partial charge in [-0.1, -0.05) is 12.1 Å². The van der Waals surface area contributed by atoms with Gasteiger partial charge in [0.2, 0.25) is 5.91 Å². The van der Waals surface area contributed by atoms with Crippen LogP contribution in [0.3, 0.4) is 0 Å². The van der Waals surface area contributed by atoms with Crippen molar-refractivity contribution >= 4 is 11.6 Å². The van der Waals surface area contributed by atoms with Crippen molar-refractivity contribution in [3.63, 3.8) is 0 Å². The van der Waals surface area contributed by atoms with Crippen molar-refractivity contribution < 1.29 is 4.79 Å². The van der Waals surface area contributed by atoms with Crippen LogP contribution in [0.25, 0.3) is 0 Å². The highest BCUT2D eigenvalue weighted by Gasteiger charge is 2.28. The molecule has 0 spiro atoms. The summed E-state index contributed by atoms with van der Waals surface area (Å²) < 4.78 is 0. The van der Waals surface area contributed by atoms with E-state index in [1.807, 2.05) is 38.1 Å². The van der Waals surface area contributed by atoms with E-state index in [1.54, 1.807) is 4.90 Å². The Morgan fingerprint density at radius 2 is 2.00 bits per heavy atom. The zero-order chi connectivity index (χ0) is 13.3. The molecule has 4 heteroatoms. The van der Waals surface area contributed by atoms with E-state index in [-0.39, 0.29) is 11.9 Å². The zero-order valence-electron chi connectivity index (χ0n) is 10.7. The Kier molecular flexibility index (Phi) is 3.10. The third-order valence-corrected chi connectivity index (χ3v) is 3.34. The summed E-state index contributed by atoms with van der Waals surface area (Å²) in [6, 6.07) is 9.74. The maximum Gasteiger partial charge on any atom is 0.228 e. The average Bonchev–Trinajstić information content (AvgIpc) is 2.69. The minimum Gasteiger partial charge on any atom is -0.326 e. The average molecular weight is 243 g/mol. The van der Waals surface area contributed by atoms with Crippen LogP contribution >= 0.6 is 0 Å². The molecule has 94 valence electrons. The first-order chi connectivity index (χ1) is 8.44. The molecule has 1 heterocycles. The highest BCUT2D eigenvalue weighted by molar-refractivity contribution is 5.96. The lowest BCUT2D eigenvalue weighted by Crippen LogP contribution is -2.28. The van der Waals surface area contributed by atoms with Crippen molar-refractivity contribution in [1.82, 2.24) is 0 Å². The molecule has 0 aromatic heterocycles. The Bertz CT molecular complexity index is 499. The van der Waals surface area contributed by atoms with Crippen molar-refractivity contribution in [1.29, 1.82) is 5.26 Å². The van der Waals surface area contributed by atoms with Gasteiger partial charge in [0.05, 0.1) is 11.5 Å². The minimum absolute atomic E-state index is 0.0646. The lowest BCUT2D eigenvalue weighted by atomic mass is 9.86. The normalized spacial score (nSPS) is 20.0. The Morgan fingerprint density at radius 3 is 2.44 bits per heavy atom. The van der Waals surface area contributed by atoms with E-state index in [0.717, 1.165) is 11.3 Å². The van der Waals surface area contributed by atoms with E-state index in [1.165, 1.54) is 0 Å². The summed E-state index contributed by atoms with van der Waals surface area (Å²) in [5.74, 6) is 0.0646. The van der Waals surface area contributed by atoms with Crippen molar-refractivity contribution in [2.24, 2.45) is 5.73 Å². The van der Waals surface area contributed by atoms with Crippen molar-refractivity contribution in [3.8, 4) is 6.07 Å². The largest absolute Gasteiger partial charge is 0.326 e. The summed E-state index contributed by atoms with van der Waals surface area (Å²) in [5.41, 5.74) is 7.06. The predicted molar refractivity (Wildman–Crippen MR) is 70.0 cm³/mol. The van der Waals surface area contributed by atoms with E-state index in [9.17, 15) is 4.79 Å². The molecule has 1 saturated heterocycles. The first-order valence-electron chi connectivity index (χ1n) is 6.02. The highest BCUT2D eigenvalue weighted by Crippen LogP contribution is 2.26. The van der Waals surface area contributed by atoms with E-state index in [0.29, 0.717) is 13.0 Å². The molecular weight excluding hydrogens is 226 g/mol. The summed E-state index contributed by atoms with van der Waals surface area (Å²) in [6.45, 7) is 4.32. The SMILES string of the molecule is CC(C)(C#N)c1ccc(N2CC(N)CC2=O)cc1. The number of carbonyl (C=O) groups is 1. The molecule has 0 bridgehead atoms. The second-order valence-corrected chi connectivity index (χ2v) is 5.25. The van der Waals surface area contributed by atoms with Crippen LogP contribution in [-0.2, 0) is 10.2 Å². The van der Waals surface area contributed by atoms with Gasteiger partial charge in [0.1, 0.15) is 0 Å². The first-order valence-corrected chi connectivity index (χ1v) is 6.02. The van der Waals surface area contributed by atoms with Gasteiger partial charge in [0.15, 0.2) is 0 Å². The minimum atomic E-state index is -0.510. The Balaban J connectivity index is 2.24. The number of nitriles is 1. The van der Waals surface area contributed by atoms with Gasteiger partial charge in [-0.25, -0.2) is 0 Å². The third kappa shape index (κ3) is 2.22. The van der Waals surface area contributed by atoms with Gasteiger partial charge < -0.3 is 10.6 Å². The molecule has 0 saturated carbocycles. The molecule has 0 aliphatic carbocycles. The summed E-state index contributed by atoms with van der Waals surface area (Å²) in [6.07, 6.45) is 0.408. The standard InChI is InChI=1S/C14H17N3O/c1-14(2,9-15)10-3-5-12(6-4-10)17-8-11(16)7-13(17)18/h3-6,11H,7-8,16H2,1-2H3. The summed E-state index contributed by atoms with van der Waals surface area (Å²) in [4.78, 5) is 13.4. The maximum atomic E-state index is 11.7. The third-order valence-electron chi connectivity index (χ3n) is 3.34. The van der Waals surface area contributed by atoms with Crippen molar-refractivity contribution in [2.45, 2.75) is 31.7 Å². The second kappa shape index (κ2) is 4.43. The molecule has 2 N–H and O–H groups in total. The zero-order valence-corrected chi connectivity index (χ0v) is 10.7. The Morgan fingerprint density at radius 1 is 1.39 bits per heavy atom. The smallest absolute Gasteiger partial charge is 0.228 e. The molecule has 2 rings (SSSR count). The van der Waals surface area contributed by atoms with Gasteiger partial charge in [-0.2, -0.15) is 5.26 Å². The van der Waals surface area contributed by atoms with Crippen LogP contribution in [0.2, 0.25) is 0 Å². The number of anilines is 1. The predicted octanol–water partition coefficient (Wildman–Crippen LogP) is 1.55. The van der Waals surface area contributed by atoms with Crippen molar-refractivity contribution in [2.75, 3.05) is 11.4 Å². The summed E-state index contributed by atoms with van der Waals surface area (Å²) >= 11 is 0. The Labute approximate surface area is 107 Å². The molecule has 0 radical (unpaired) electrons. The summed E-state index contributed by atoms with van der Waals surface area (Å²) in [7, 11) is 0. The number of carbonyl (C=O) groups excluding carboxylic acids is 1. The monoisotopic (exact) mass is 243 g/mol. The van der Waals surface area contributed by atoms with Gasteiger partial charge >= 0.3 is 0 Å². The van der Waals surface area contributed by atoms with Gasteiger partial charge in [0.25, 0.3) is 0 Å². The van der Waals surface area contributed by atoms with Crippen LogP contribution < -0.4 is 10.6 Å². The van der Waals surface area contributed by atoms with Gasteiger partial charge in [0, 0.05) is 24.7 Å². The number of hydrogen-bond acceptors (Lipinski definition) is 3. The van der Waals surface area contributed by atoms with Crippen molar-refractivity contribution in [3.05, 3.63) is 29.8 Å². The molecule has 1 unspecified atom stereocenters. The number of hydrogen-bond donors (Lipinski definition) is 1. The fraction of sp³-hybridized carbons (Fsp3) is 0.429. The molecule has 1 aliphatic rings. The summed E-state index contributed by atoms with van der Waals surface area (Å²) in [5, 5.41) is 9.07. The van der Waals surface area contributed by atoms with Gasteiger partial charge in [-0.05, 0) is 31.5 Å². The molecule has 1 aliphatic heterocycles. The molecule has 1 amide bonds. The lowest BCUT2D eigenvalue weighted by Gasteiger charge is -2.19. The number of amides is 1. The maximum absolute atomic E-state index is 11.7. The Hall–Kier alpha value is -1.86. The molecule has 1 aromatic rings. The van der Waals surface area contributed by atoms with Crippen LogP contribution in [0.5, 0.6) is 0 Å². The highest BCUT2D eigenvalue weighted by atomic mass is 16.2. The number of nitrogens with two attached hydrogens (primary N) is 1. The number of nitrogens with zero attached hydrogens (tertiary/aromatic N) is 2.